The van der Waals surface area contributed by atoms with Crippen LogP contribution in [0.5, 0.6) is 0 Å². The Bertz CT molecular complexity index is 27.6. The van der Waals surface area contributed by atoms with E-state index in [4.69, 9.17) is 0 Å². The van der Waals surface area contributed by atoms with Crippen LogP contribution in [-0.4, -0.2) is 7.85 Å². The van der Waals surface area contributed by atoms with Gasteiger partial charge in [-0.15, -0.1) is 0 Å². The first-order valence-corrected chi connectivity index (χ1v) is 2.89. The van der Waals surface area contributed by atoms with Gasteiger partial charge in [-0.1, -0.05) is 42.0 Å². The molecule has 0 aliphatic rings. The molecular weight excluding hydrogens is 187 g/mol. The summed E-state index contributed by atoms with van der Waals surface area (Å²) in [5.74, 6) is 1.92. The van der Waals surface area contributed by atoms with E-state index in [1.165, 1.54) is 0 Å². The quantitative estimate of drug-likeness (QED) is 0.540. The first kappa shape index (κ1) is 29.2. The third kappa shape index (κ3) is 211. The topological polar surface area (TPSA) is 0 Å². The minimum Gasteiger partial charge on any atom is -0.181 e. The molecule has 0 heterocycles. The summed E-state index contributed by atoms with van der Waals surface area (Å²) in [6, 6.07) is 0. The summed E-state index contributed by atoms with van der Waals surface area (Å²) < 4.78 is 0. The largest absolute Gasteiger partial charge is 0.181 e. The summed E-state index contributed by atoms with van der Waals surface area (Å²) in [5, 5.41) is 0. The summed E-state index contributed by atoms with van der Waals surface area (Å²) in [5.41, 5.74) is 0. The van der Waals surface area contributed by atoms with Crippen LogP contribution in [0.25, 0.3) is 0 Å². The fourth-order valence-corrected chi connectivity index (χ4v) is 0. The molecule has 0 aromatic heterocycles. The van der Waals surface area contributed by atoms with Gasteiger partial charge in [-0.2, -0.15) is 5.82 Å². The second-order valence-electron chi connectivity index (χ2n) is 2.31. The molecule has 0 amide bonds. The summed E-state index contributed by atoms with van der Waals surface area (Å²) in [7, 11) is 0.694. The molecule has 0 fully saturated rings. The first-order valence-electron chi connectivity index (χ1n) is 2.89. The molecule has 0 aliphatic carbocycles. The van der Waals surface area contributed by atoms with E-state index in [0.717, 1.165) is 11.7 Å². The van der Waals surface area contributed by atoms with Crippen molar-refractivity contribution in [2.75, 3.05) is 0 Å². The van der Waals surface area contributed by atoms with E-state index < -0.39 is 0 Å². The Morgan fingerprint density at radius 3 is 0.818 bits per heavy atom. The molecule has 0 spiro atoms. The second kappa shape index (κ2) is 22.9. The third-order valence-electron chi connectivity index (χ3n) is 0. The van der Waals surface area contributed by atoms with E-state index in [9.17, 15) is 0 Å². The molecule has 0 atom stereocenters. The van der Waals surface area contributed by atoms with Crippen LogP contribution in [0, 0.1) is 81.4 Å². The van der Waals surface area contributed by atoms with Crippen LogP contribution in [0.2, 0.25) is 5.82 Å². The van der Waals surface area contributed by atoms with Gasteiger partial charge in [0, 0.05) is 75.5 Å². The van der Waals surface area contributed by atoms with Crippen LogP contribution in [0.3, 0.4) is 0 Å². The van der Waals surface area contributed by atoms with Crippen molar-refractivity contribution in [3.63, 3.8) is 0 Å². The van der Waals surface area contributed by atoms with Gasteiger partial charge in [-0.3, -0.25) is 0 Å². The van der Waals surface area contributed by atoms with Crippen LogP contribution in [0.1, 0.15) is 42.0 Å². The van der Waals surface area contributed by atoms with E-state index in [0.29, 0.717) is 7.85 Å². The normalized spacial score (nSPS) is 6.55. The summed E-state index contributed by atoms with van der Waals surface area (Å²) in [6.07, 6.45) is 0. The Morgan fingerprint density at radius 1 is 0.818 bits per heavy atom. The number of hydrogen-bond donors (Lipinski definition) is 0. The smallest absolute Gasteiger partial charge is 0 e. The van der Waals surface area contributed by atoms with Crippen LogP contribution in [0.4, 0.5) is 0 Å². The standard InChI is InChI=1S/C4H10.C3H10B.CH4.2Ar/c1-4(2)3;1-3(2)4;;;/h4H,1-3H3;3H,1-2,4H3;1H4;;/q;-1;;;. The number of hydrogen-bond acceptors (Lipinski definition) is 0. The van der Waals surface area contributed by atoms with Crippen LogP contribution < -0.4 is 0 Å². The molecule has 0 radical (unpaired) electrons. The molecule has 76 valence electrons. The van der Waals surface area contributed by atoms with E-state index >= 15 is 0 Å². The van der Waals surface area contributed by atoms with Gasteiger partial charge in [0.15, 0.2) is 0 Å². The fourth-order valence-electron chi connectivity index (χ4n) is 0. The SMILES string of the molecule is C.CC(C)C.[Ar].[Ar].[BH3-]C(C)C. The summed E-state index contributed by atoms with van der Waals surface area (Å²) in [6.45, 7) is 11.1. The molecule has 0 saturated heterocycles. The van der Waals surface area contributed by atoms with Gasteiger partial charge < -0.3 is 0 Å². The zero-order valence-electron chi connectivity index (χ0n) is 6.86. The maximum atomic E-state index is 2.28. The molecular formula is C8H24Ar2B-. The van der Waals surface area contributed by atoms with Crippen molar-refractivity contribution in [1.29, 1.82) is 0 Å². The minimum absolute atomic E-state index is 0. The maximum Gasteiger partial charge on any atom is 0 e. The minimum atomic E-state index is 0. The molecule has 0 N–H and O–H groups in total. The van der Waals surface area contributed by atoms with Crippen molar-refractivity contribution in [2.45, 2.75) is 47.9 Å². The average Bonchev–Trinajstić information content (AvgIpc) is 1.25. The molecule has 3 heteroatoms. The predicted octanol–water partition coefficient (Wildman–Crippen LogP) is 2.48. The van der Waals surface area contributed by atoms with Crippen molar-refractivity contribution in [2.24, 2.45) is 5.92 Å². The molecule has 0 rings (SSSR count). The molecule has 0 aromatic carbocycles. The van der Waals surface area contributed by atoms with Crippen molar-refractivity contribution in [1.82, 2.24) is 0 Å². The van der Waals surface area contributed by atoms with Crippen LogP contribution in [-0.2, 0) is 0 Å². The van der Waals surface area contributed by atoms with E-state index in [1.807, 2.05) is 0 Å². The van der Waals surface area contributed by atoms with E-state index in [2.05, 4.69) is 34.6 Å². The molecule has 0 aromatic rings. The Balaban J connectivity index is -0.0000000171. The molecule has 0 saturated carbocycles. The molecule has 0 bridgehead atoms. The van der Waals surface area contributed by atoms with Gasteiger partial charge in [0.05, 0.1) is 0 Å². The fraction of sp³-hybridized carbons (Fsp3) is 1.00. The Morgan fingerprint density at radius 2 is 0.818 bits per heavy atom. The Kier molecular flexibility index (Phi) is 60.8. The van der Waals surface area contributed by atoms with Gasteiger partial charge in [-0.05, 0) is 13.8 Å². The van der Waals surface area contributed by atoms with Crippen LogP contribution >= 0.6 is 0 Å². The van der Waals surface area contributed by atoms with Gasteiger partial charge in [0.25, 0.3) is 0 Å². The van der Waals surface area contributed by atoms with Gasteiger partial charge in [0.2, 0.25) is 0 Å². The zero-order valence-corrected chi connectivity index (χ0v) is 8.28. The van der Waals surface area contributed by atoms with E-state index in [1.54, 1.807) is 0 Å². The van der Waals surface area contributed by atoms with Crippen LogP contribution in [0.15, 0.2) is 0 Å². The summed E-state index contributed by atoms with van der Waals surface area (Å²) in [4.78, 5) is 0. The Hall–Kier alpha value is 2.58. The summed E-state index contributed by atoms with van der Waals surface area (Å²) >= 11 is 0. The maximum absolute atomic E-state index is 2.28. The second-order valence-corrected chi connectivity index (χ2v) is 2.31. The van der Waals surface area contributed by atoms with Crippen molar-refractivity contribution in [3.05, 3.63) is 0 Å². The zero-order chi connectivity index (χ0) is 7.15. The third-order valence-corrected chi connectivity index (χ3v) is 0. The number of rotatable bonds is 0. The van der Waals surface area contributed by atoms with E-state index in [-0.39, 0.29) is 82.9 Å². The first-order chi connectivity index (χ1) is 3.46. The van der Waals surface area contributed by atoms with Crippen molar-refractivity contribution < 1.29 is 75.5 Å². The molecule has 0 aliphatic heterocycles. The predicted molar refractivity (Wildman–Crippen MR) is 52.3 cm³/mol. The van der Waals surface area contributed by atoms with Crippen molar-refractivity contribution >= 4 is 7.85 Å². The van der Waals surface area contributed by atoms with Gasteiger partial charge in [0.1, 0.15) is 0 Å². The average molecular weight is 211 g/mol. The molecule has 0 nitrogen and oxygen atoms in total. The van der Waals surface area contributed by atoms with Gasteiger partial charge in [-0.25, -0.2) is 0 Å². The van der Waals surface area contributed by atoms with Gasteiger partial charge >= 0.3 is 0 Å². The Labute approximate surface area is 135 Å². The molecule has 11 heavy (non-hydrogen) atoms. The van der Waals surface area contributed by atoms with Crippen molar-refractivity contribution in [3.8, 4) is 0 Å². The molecule has 0 unspecified atom stereocenters. The monoisotopic (exact) mass is 211 g/mol.